The third kappa shape index (κ3) is 5.90. The molecule has 1 rings (SSSR count). The lowest BCUT2D eigenvalue weighted by atomic mass is 10.1. The summed E-state index contributed by atoms with van der Waals surface area (Å²) in [6.45, 7) is 6.44. The van der Waals surface area contributed by atoms with Crippen LogP contribution >= 0.6 is 11.3 Å². The average molecular weight is 299 g/mol. The molecule has 3 N–H and O–H groups in total. The average Bonchev–Trinajstić information content (AvgIpc) is 2.95. The highest BCUT2D eigenvalue weighted by Crippen LogP contribution is 2.25. The molecule has 0 aliphatic rings. The van der Waals surface area contributed by atoms with E-state index in [2.05, 4.69) is 15.6 Å². The molecule has 0 saturated carbocycles. The Morgan fingerprint density at radius 1 is 1.50 bits per heavy atom. The molecule has 114 valence electrons. The van der Waals surface area contributed by atoms with Crippen LogP contribution in [-0.4, -0.2) is 44.4 Å². The predicted molar refractivity (Wildman–Crippen MR) is 84.4 cm³/mol. The number of guanidine groups is 1. The molecule has 0 spiro atoms. The van der Waals surface area contributed by atoms with Crippen LogP contribution < -0.4 is 10.6 Å². The zero-order chi connectivity index (χ0) is 14.8. The quantitative estimate of drug-likeness (QED) is 0.387. The highest BCUT2D eigenvalue weighted by molar-refractivity contribution is 7.10. The Bertz CT molecular complexity index is 391. The largest absolute Gasteiger partial charge is 0.385 e. The lowest BCUT2D eigenvalue weighted by molar-refractivity contribution is 0.0711. The minimum atomic E-state index is -0.928. The Morgan fingerprint density at radius 3 is 2.90 bits per heavy atom. The lowest BCUT2D eigenvalue weighted by Gasteiger charge is -2.20. The standard InChI is InChI=1S/C14H25N3O2S/c1-4-15-13(16-8-6-9-19-3)17-11-14(2,18)12-7-5-10-20-12/h5,7,10,18H,4,6,8-9,11H2,1-3H3,(H2,15,16,17). The molecule has 0 radical (unpaired) electrons. The lowest BCUT2D eigenvalue weighted by Crippen LogP contribution is -2.39. The summed E-state index contributed by atoms with van der Waals surface area (Å²) in [5.41, 5.74) is -0.928. The number of aliphatic hydroxyl groups is 1. The summed E-state index contributed by atoms with van der Waals surface area (Å²) in [4.78, 5) is 5.38. The minimum absolute atomic E-state index is 0.327. The van der Waals surface area contributed by atoms with Gasteiger partial charge in [-0.1, -0.05) is 6.07 Å². The smallest absolute Gasteiger partial charge is 0.191 e. The van der Waals surface area contributed by atoms with Gasteiger partial charge in [0.25, 0.3) is 0 Å². The summed E-state index contributed by atoms with van der Waals surface area (Å²) < 4.78 is 5.01. The monoisotopic (exact) mass is 299 g/mol. The molecule has 0 aliphatic carbocycles. The van der Waals surface area contributed by atoms with Crippen LogP contribution in [0.5, 0.6) is 0 Å². The number of nitrogens with one attached hydrogen (secondary N) is 2. The van der Waals surface area contributed by atoms with E-state index in [9.17, 15) is 5.11 Å². The number of ether oxygens (including phenoxy) is 1. The summed E-state index contributed by atoms with van der Waals surface area (Å²) in [5, 5.41) is 18.8. The molecule has 5 nitrogen and oxygen atoms in total. The Morgan fingerprint density at radius 2 is 2.30 bits per heavy atom. The second-order valence-electron chi connectivity index (χ2n) is 4.72. The fourth-order valence-electron chi connectivity index (χ4n) is 1.66. The molecule has 0 aromatic carbocycles. The summed E-state index contributed by atoms with van der Waals surface area (Å²) in [6, 6.07) is 3.87. The van der Waals surface area contributed by atoms with Gasteiger partial charge in [0.15, 0.2) is 5.96 Å². The van der Waals surface area contributed by atoms with Crippen molar-refractivity contribution in [3.63, 3.8) is 0 Å². The Labute approximate surface area is 125 Å². The summed E-state index contributed by atoms with van der Waals surface area (Å²) in [5.74, 6) is 0.723. The summed E-state index contributed by atoms with van der Waals surface area (Å²) in [7, 11) is 1.69. The molecule has 1 atom stereocenters. The SMILES string of the molecule is CCNC(=NCC(C)(O)c1cccs1)NCCCOC. The third-order valence-electron chi connectivity index (χ3n) is 2.76. The van der Waals surface area contributed by atoms with Crippen LogP contribution in [0.15, 0.2) is 22.5 Å². The Kier molecular flexibility index (Phi) is 7.58. The molecule has 1 unspecified atom stereocenters. The van der Waals surface area contributed by atoms with Gasteiger partial charge in [0.05, 0.1) is 6.54 Å². The van der Waals surface area contributed by atoms with Gasteiger partial charge in [-0.15, -0.1) is 11.3 Å². The number of hydrogen-bond donors (Lipinski definition) is 3. The van der Waals surface area contributed by atoms with Crippen molar-refractivity contribution < 1.29 is 9.84 Å². The maximum absolute atomic E-state index is 10.4. The van der Waals surface area contributed by atoms with Crippen molar-refractivity contribution in [3.05, 3.63) is 22.4 Å². The maximum atomic E-state index is 10.4. The van der Waals surface area contributed by atoms with Crippen LogP contribution in [-0.2, 0) is 10.3 Å². The number of rotatable bonds is 8. The number of hydrogen-bond acceptors (Lipinski definition) is 4. The molecule has 6 heteroatoms. The van der Waals surface area contributed by atoms with Crippen LogP contribution in [0.4, 0.5) is 0 Å². The molecule has 1 heterocycles. The molecule has 20 heavy (non-hydrogen) atoms. The van der Waals surface area contributed by atoms with Gasteiger partial charge in [0.1, 0.15) is 5.60 Å². The van der Waals surface area contributed by atoms with Crippen molar-refractivity contribution >= 4 is 17.3 Å². The van der Waals surface area contributed by atoms with E-state index in [1.165, 1.54) is 0 Å². The number of aliphatic imine (C=N–C) groups is 1. The van der Waals surface area contributed by atoms with Crippen LogP contribution in [0.3, 0.4) is 0 Å². The van der Waals surface area contributed by atoms with Gasteiger partial charge < -0.3 is 20.5 Å². The highest BCUT2D eigenvalue weighted by atomic mass is 32.1. The molecule has 1 aromatic rings. The van der Waals surface area contributed by atoms with E-state index in [0.29, 0.717) is 6.54 Å². The molecule has 0 bridgehead atoms. The minimum Gasteiger partial charge on any atom is -0.385 e. The van der Waals surface area contributed by atoms with Crippen molar-refractivity contribution in [2.75, 3.05) is 33.4 Å². The van der Waals surface area contributed by atoms with E-state index in [-0.39, 0.29) is 0 Å². The molecular weight excluding hydrogens is 274 g/mol. The Hall–Kier alpha value is -1.11. The van der Waals surface area contributed by atoms with Gasteiger partial charge in [-0.3, -0.25) is 0 Å². The van der Waals surface area contributed by atoms with E-state index >= 15 is 0 Å². The molecular formula is C14H25N3O2S. The zero-order valence-corrected chi connectivity index (χ0v) is 13.3. The first-order chi connectivity index (χ1) is 9.60. The number of nitrogens with zero attached hydrogens (tertiary/aromatic N) is 1. The van der Waals surface area contributed by atoms with Gasteiger partial charge >= 0.3 is 0 Å². The number of thiophene rings is 1. The first-order valence-corrected chi connectivity index (χ1v) is 7.75. The van der Waals surface area contributed by atoms with Gasteiger partial charge in [0, 0.05) is 31.7 Å². The normalized spacial score (nSPS) is 14.9. The second-order valence-corrected chi connectivity index (χ2v) is 5.67. The molecule has 0 aliphatic heterocycles. The highest BCUT2D eigenvalue weighted by Gasteiger charge is 2.23. The van der Waals surface area contributed by atoms with Crippen molar-refractivity contribution in [2.45, 2.75) is 25.9 Å². The fourth-order valence-corrected chi connectivity index (χ4v) is 2.44. The van der Waals surface area contributed by atoms with Gasteiger partial charge in [-0.05, 0) is 31.7 Å². The van der Waals surface area contributed by atoms with E-state index in [0.717, 1.165) is 37.0 Å². The van der Waals surface area contributed by atoms with Crippen molar-refractivity contribution in [1.29, 1.82) is 0 Å². The summed E-state index contributed by atoms with van der Waals surface area (Å²) >= 11 is 1.54. The molecule has 0 saturated heterocycles. The number of methoxy groups -OCH3 is 1. The van der Waals surface area contributed by atoms with Crippen LogP contribution in [0.2, 0.25) is 0 Å². The molecule has 0 fully saturated rings. The third-order valence-corrected chi connectivity index (χ3v) is 3.88. The van der Waals surface area contributed by atoms with E-state index < -0.39 is 5.60 Å². The van der Waals surface area contributed by atoms with E-state index in [4.69, 9.17) is 4.74 Å². The van der Waals surface area contributed by atoms with Gasteiger partial charge in [0.2, 0.25) is 0 Å². The second kappa shape index (κ2) is 8.94. The predicted octanol–water partition coefficient (Wildman–Crippen LogP) is 1.55. The van der Waals surface area contributed by atoms with Crippen LogP contribution in [0.25, 0.3) is 0 Å². The maximum Gasteiger partial charge on any atom is 0.191 e. The summed E-state index contributed by atoms with van der Waals surface area (Å²) in [6.07, 6.45) is 0.919. The first-order valence-electron chi connectivity index (χ1n) is 6.87. The zero-order valence-electron chi connectivity index (χ0n) is 12.5. The van der Waals surface area contributed by atoms with Gasteiger partial charge in [-0.25, -0.2) is 4.99 Å². The van der Waals surface area contributed by atoms with E-state index in [1.807, 2.05) is 24.4 Å². The van der Waals surface area contributed by atoms with E-state index in [1.54, 1.807) is 25.4 Å². The fraction of sp³-hybridized carbons (Fsp3) is 0.643. The van der Waals surface area contributed by atoms with Crippen LogP contribution in [0, 0.1) is 0 Å². The topological polar surface area (TPSA) is 65.9 Å². The van der Waals surface area contributed by atoms with Crippen LogP contribution in [0.1, 0.15) is 25.1 Å². The van der Waals surface area contributed by atoms with Crippen molar-refractivity contribution in [3.8, 4) is 0 Å². The van der Waals surface area contributed by atoms with Crippen molar-refractivity contribution in [1.82, 2.24) is 10.6 Å². The van der Waals surface area contributed by atoms with Crippen molar-refractivity contribution in [2.24, 2.45) is 4.99 Å². The first kappa shape index (κ1) is 16.9. The molecule has 1 aromatic heterocycles. The Balaban J connectivity index is 2.53. The molecule has 0 amide bonds. The van der Waals surface area contributed by atoms with Gasteiger partial charge in [-0.2, -0.15) is 0 Å².